The second kappa shape index (κ2) is 9.32. The molecule has 1 aliphatic rings. The highest BCUT2D eigenvalue weighted by Gasteiger charge is 2.28. The second-order valence-electron chi connectivity index (χ2n) is 6.76. The van der Waals surface area contributed by atoms with Crippen LogP contribution in [0.25, 0.3) is 0 Å². The number of nitrogens with zero attached hydrogens (tertiary/aromatic N) is 2. The van der Waals surface area contributed by atoms with E-state index in [9.17, 15) is 9.59 Å². The van der Waals surface area contributed by atoms with Crippen LogP contribution in [0.3, 0.4) is 0 Å². The Morgan fingerprint density at radius 1 is 0.828 bits per heavy atom. The van der Waals surface area contributed by atoms with Crippen molar-refractivity contribution in [2.75, 3.05) is 47.0 Å². The molecule has 2 aromatic carbocycles. The first-order valence-electron chi connectivity index (χ1n) is 9.51. The molecule has 154 valence electrons. The molecule has 1 saturated heterocycles. The summed E-state index contributed by atoms with van der Waals surface area (Å²) in [5.74, 6) is 1.40. The van der Waals surface area contributed by atoms with Crippen LogP contribution in [0.5, 0.6) is 17.2 Å². The number of carbonyl (C=O) groups is 2. The van der Waals surface area contributed by atoms with Crippen molar-refractivity contribution in [3.05, 3.63) is 53.6 Å². The summed E-state index contributed by atoms with van der Waals surface area (Å²) < 4.78 is 16.3. The molecule has 0 atom stereocenters. The number of benzene rings is 2. The summed E-state index contributed by atoms with van der Waals surface area (Å²) >= 11 is 0. The highest BCUT2D eigenvalue weighted by atomic mass is 16.5. The monoisotopic (exact) mass is 398 g/mol. The van der Waals surface area contributed by atoms with Gasteiger partial charge in [0.2, 0.25) is 0 Å². The lowest BCUT2D eigenvalue weighted by molar-refractivity contribution is -0.134. The lowest BCUT2D eigenvalue weighted by Gasteiger charge is -2.35. The topological polar surface area (TPSA) is 68.3 Å². The largest absolute Gasteiger partial charge is 0.496 e. The molecule has 7 heteroatoms. The molecule has 2 amide bonds. The first-order chi connectivity index (χ1) is 14.0. The Morgan fingerprint density at radius 2 is 1.38 bits per heavy atom. The quantitative estimate of drug-likeness (QED) is 0.747. The van der Waals surface area contributed by atoms with Crippen molar-refractivity contribution in [3.63, 3.8) is 0 Å². The number of methoxy groups -OCH3 is 2. The summed E-state index contributed by atoms with van der Waals surface area (Å²) in [5, 5.41) is 0. The van der Waals surface area contributed by atoms with E-state index in [1.54, 1.807) is 28.0 Å². The summed E-state index contributed by atoms with van der Waals surface area (Å²) in [4.78, 5) is 28.9. The van der Waals surface area contributed by atoms with Crippen molar-refractivity contribution in [2.24, 2.45) is 0 Å². The molecule has 0 bridgehead atoms. The minimum atomic E-state index is -0.164. The van der Waals surface area contributed by atoms with Crippen molar-refractivity contribution in [2.45, 2.75) is 6.92 Å². The smallest absolute Gasteiger partial charge is 0.261 e. The van der Waals surface area contributed by atoms with E-state index >= 15 is 0 Å². The van der Waals surface area contributed by atoms with Gasteiger partial charge in [-0.05, 0) is 30.7 Å². The number of amides is 2. The Morgan fingerprint density at radius 3 is 1.97 bits per heavy atom. The molecule has 0 radical (unpaired) electrons. The average Bonchev–Trinajstić information content (AvgIpc) is 2.77. The van der Waals surface area contributed by atoms with Crippen LogP contribution in [-0.2, 0) is 4.79 Å². The molecule has 29 heavy (non-hydrogen) atoms. The molecule has 0 saturated carbocycles. The number of rotatable bonds is 6. The lowest BCUT2D eigenvalue weighted by atomic mass is 10.1. The van der Waals surface area contributed by atoms with E-state index < -0.39 is 0 Å². The van der Waals surface area contributed by atoms with Gasteiger partial charge >= 0.3 is 0 Å². The van der Waals surface area contributed by atoms with Crippen LogP contribution < -0.4 is 14.2 Å². The first-order valence-corrected chi connectivity index (χ1v) is 9.51. The molecule has 0 unspecified atom stereocenters. The van der Waals surface area contributed by atoms with E-state index in [2.05, 4.69) is 0 Å². The predicted molar refractivity (Wildman–Crippen MR) is 109 cm³/mol. The van der Waals surface area contributed by atoms with Gasteiger partial charge in [-0.3, -0.25) is 9.59 Å². The molecule has 2 aromatic rings. The summed E-state index contributed by atoms with van der Waals surface area (Å²) in [7, 11) is 3.05. The highest BCUT2D eigenvalue weighted by molar-refractivity contribution is 6.00. The van der Waals surface area contributed by atoms with Crippen LogP contribution in [0, 0.1) is 6.92 Å². The Balaban J connectivity index is 1.58. The number of piperazine rings is 1. The van der Waals surface area contributed by atoms with Gasteiger partial charge in [0.05, 0.1) is 14.2 Å². The van der Waals surface area contributed by atoms with Crippen molar-refractivity contribution >= 4 is 11.8 Å². The minimum absolute atomic E-state index is 0.0148. The third-order valence-electron chi connectivity index (χ3n) is 5.01. The van der Waals surface area contributed by atoms with Gasteiger partial charge in [0.25, 0.3) is 11.8 Å². The van der Waals surface area contributed by atoms with E-state index in [4.69, 9.17) is 14.2 Å². The SMILES string of the molecule is COc1cccc(OC)c1C(=O)N1CCN(C(=O)COc2ccccc2C)CC1. The van der Waals surface area contributed by atoms with Gasteiger partial charge in [0, 0.05) is 26.2 Å². The maximum Gasteiger partial charge on any atom is 0.261 e. The lowest BCUT2D eigenvalue weighted by Crippen LogP contribution is -2.51. The van der Waals surface area contributed by atoms with Crippen LogP contribution >= 0.6 is 0 Å². The third kappa shape index (κ3) is 4.62. The number of hydrogen-bond donors (Lipinski definition) is 0. The van der Waals surface area contributed by atoms with Crippen molar-refractivity contribution in [1.82, 2.24) is 9.80 Å². The number of para-hydroxylation sites is 1. The highest BCUT2D eigenvalue weighted by Crippen LogP contribution is 2.29. The molecule has 1 fully saturated rings. The zero-order valence-electron chi connectivity index (χ0n) is 17.0. The molecule has 0 N–H and O–H groups in total. The Hall–Kier alpha value is -3.22. The second-order valence-corrected chi connectivity index (χ2v) is 6.76. The van der Waals surface area contributed by atoms with Crippen LogP contribution in [0.1, 0.15) is 15.9 Å². The third-order valence-corrected chi connectivity index (χ3v) is 5.01. The number of aryl methyl sites for hydroxylation is 1. The van der Waals surface area contributed by atoms with Crippen molar-refractivity contribution < 1.29 is 23.8 Å². The molecule has 0 aromatic heterocycles. The Kier molecular flexibility index (Phi) is 6.59. The van der Waals surface area contributed by atoms with Crippen LogP contribution in [0.2, 0.25) is 0 Å². The van der Waals surface area contributed by atoms with Gasteiger partial charge in [0.1, 0.15) is 22.8 Å². The van der Waals surface area contributed by atoms with Crippen LogP contribution in [-0.4, -0.2) is 68.6 Å². The average molecular weight is 398 g/mol. The molecule has 0 spiro atoms. The van der Waals surface area contributed by atoms with Crippen LogP contribution in [0.4, 0.5) is 0 Å². The summed E-state index contributed by atoms with van der Waals surface area (Å²) in [5.41, 5.74) is 1.39. The molecular weight excluding hydrogens is 372 g/mol. The van der Waals surface area contributed by atoms with Gasteiger partial charge in [-0.1, -0.05) is 24.3 Å². The Labute approximate surface area is 170 Å². The standard InChI is InChI=1S/C22H26N2O5/c1-16-7-4-5-8-17(16)29-15-20(25)23-11-13-24(14-12-23)22(26)21-18(27-2)9-6-10-19(21)28-3/h4-10H,11-15H2,1-3H3. The molecular formula is C22H26N2O5. The van der Waals surface area contributed by atoms with E-state index in [1.165, 1.54) is 14.2 Å². The summed E-state index contributed by atoms with van der Waals surface area (Å²) in [6.45, 7) is 3.72. The summed E-state index contributed by atoms with van der Waals surface area (Å²) in [6.07, 6.45) is 0. The number of carbonyl (C=O) groups excluding carboxylic acids is 2. The van der Waals surface area contributed by atoms with Gasteiger partial charge < -0.3 is 24.0 Å². The molecule has 1 heterocycles. The molecule has 0 aliphatic carbocycles. The first kappa shape index (κ1) is 20.5. The predicted octanol–water partition coefficient (Wildman–Crippen LogP) is 2.38. The van der Waals surface area contributed by atoms with E-state index in [0.717, 1.165) is 5.56 Å². The fraction of sp³-hybridized carbons (Fsp3) is 0.364. The van der Waals surface area contributed by atoms with E-state index in [1.807, 2.05) is 31.2 Å². The maximum atomic E-state index is 13.0. The zero-order chi connectivity index (χ0) is 20.8. The fourth-order valence-corrected chi connectivity index (χ4v) is 3.33. The van der Waals surface area contributed by atoms with Gasteiger partial charge in [-0.15, -0.1) is 0 Å². The van der Waals surface area contributed by atoms with Gasteiger partial charge in [-0.25, -0.2) is 0 Å². The van der Waals surface area contributed by atoms with Crippen molar-refractivity contribution in [3.8, 4) is 17.2 Å². The number of hydrogen-bond acceptors (Lipinski definition) is 5. The molecule has 1 aliphatic heterocycles. The zero-order valence-corrected chi connectivity index (χ0v) is 17.0. The van der Waals surface area contributed by atoms with Gasteiger partial charge in [-0.2, -0.15) is 0 Å². The van der Waals surface area contributed by atoms with E-state index in [-0.39, 0.29) is 18.4 Å². The van der Waals surface area contributed by atoms with E-state index in [0.29, 0.717) is 49.0 Å². The minimum Gasteiger partial charge on any atom is -0.496 e. The van der Waals surface area contributed by atoms with Crippen molar-refractivity contribution in [1.29, 1.82) is 0 Å². The molecule has 3 rings (SSSR count). The normalized spacial score (nSPS) is 13.8. The number of ether oxygens (including phenoxy) is 3. The van der Waals surface area contributed by atoms with Gasteiger partial charge in [0.15, 0.2) is 6.61 Å². The fourth-order valence-electron chi connectivity index (χ4n) is 3.33. The maximum absolute atomic E-state index is 13.0. The van der Waals surface area contributed by atoms with Crippen LogP contribution in [0.15, 0.2) is 42.5 Å². The molecule has 7 nitrogen and oxygen atoms in total. The summed E-state index contributed by atoms with van der Waals surface area (Å²) in [6, 6.07) is 12.8. The Bertz CT molecular complexity index is 853.